The normalized spacial score (nSPS) is 16.3. The highest BCUT2D eigenvalue weighted by Gasteiger charge is 2.19. The Morgan fingerprint density at radius 2 is 2.15 bits per heavy atom. The number of hydrogen-bond acceptors (Lipinski definition) is 5. The van der Waals surface area contributed by atoms with Crippen molar-refractivity contribution in [1.82, 2.24) is 30.3 Å². The van der Waals surface area contributed by atoms with Crippen molar-refractivity contribution in [3.05, 3.63) is 24.2 Å². The van der Waals surface area contributed by atoms with Gasteiger partial charge < -0.3 is 14.6 Å². The summed E-state index contributed by atoms with van der Waals surface area (Å²) in [6.07, 6.45) is 2.34. The SMILES string of the molecule is CCNC(=NCCc1nc(-c2ccco2)n[nH]1)N1CCN(CC(C)C)CC1. The van der Waals surface area contributed by atoms with Crippen molar-refractivity contribution in [2.75, 3.05) is 45.8 Å². The third-order valence-electron chi connectivity index (χ3n) is 4.51. The second-order valence-electron chi connectivity index (χ2n) is 7.25. The second kappa shape index (κ2) is 9.55. The van der Waals surface area contributed by atoms with Gasteiger partial charge in [0.15, 0.2) is 11.7 Å². The van der Waals surface area contributed by atoms with Crippen LogP contribution >= 0.6 is 0 Å². The maximum Gasteiger partial charge on any atom is 0.216 e. The van der Waals surface area contributed by atoms with Crippen molar-refractivity contribution in [3.63, 3.8) is 0 Å². The number of guanidine groups is 1. The predicted molar refractivity (Wildman–Crippen MR) is 107 cm³/mol. The number of nitrogens with one attached hydrogen (secondary N) is 2. The molecule has 2 aromatic rings. The molecule has 0 bridgehead atoms. The number of piperazine rings is 1. The average Bonchev–Trinajstić information content (AvgIpc) is 3.33. The first-order valence-electron chi connectivity index (χ1n) is 9.86. The fourth-order valence-electron chi connectivity index (χ4n) is 3.28. The fourth-order valence-corrected chi connectivity index (χ4v) is 3.28. The molecule has 2 N–H and O–H groups in total. The lowest BCUT2D eigenvalue weighted by atomic mass is 10.2. The van der Waals surface area contributed by atoms with Crippen molar-refractivity contribution in [1.29, 1.82) is 0 Å². The zero-order valence-corrected chi connectivity index (χ0v) is 16.6. The minimum atomic E-state index is 0.590. The van der Waals surface area contributed by atoms with Gasteiger partial charge in [0, 0.05) is 52.2 Å². The first kappa shape index (κ1) is 19.4. The van der Waals surface area contributed by atoms with Gasteiger partial charge in [0.05, 0.1) is 6.26 Å². The van der Waals surface area contributed by atoms with Gasteiger partial charge in [0.25, 0.3) is 0 Å². The molecule has 0 spiro atoms. The quantitative estimate of drug-likeness (QED) is 0.569. The number of nitrogens with zero attached hydrogens (tertiary/aromatic N) is 5. The zero-order valence-electron chi connectivity index (χ0n) is 16.6. The maximum absolute atomic E-state index is 5.33. The van der Waals surface area contributed by atoms with Crippen molar-refractivity contribution in [2.45, 2.75) is 27.2 Å². The van der Waals surface area contributed by atoms with Crippen molar-refractivity contribution >= 4 is 5.96 Å². The first-order chi connectivity index (χ1) is 13.2. The molecule has 0 aromatic carbocycles. The van der Waals surface area contributed by atoms with Gasteiger partial charge >= 0.3 is 0 Å². The topological polar surface area (TPSA) is 85.6 Å². The Labute approximate surface area is 161 Å². The van der Waals surface area contributed by atoms with Crippen molar-refractivity contribution in [3.8, 4) is 11.6 Å². The van der Waals surface area contributed by atoms with E-state index in [4.69, 9.17) is 9.41 Å². The monoisotopic (exact) mass is 373 g/mol. The van der Waals surface area contributed by atoms with E-state index < -0.39 is 0 Å². The van der Waals surface area contributed by atoms with E-state index in [0.717, 1.165) is 50.9 Å². The molecular formula is C19H31N7O. The number of H-pyrrole nitrogens is 1. The average molecular weight is 374 g/mol. The number of aliphatic imine (C=N–C) groups is 1. The molecule has 3 heterocycles. The summed E-state index contributed by atoms with van der Waals surface area (Å²) < 4.78 is 5.33. The molecule has 1 aliphatic rings. The summed E-state index contributed by atoms with van der Waals surface area (Å²) in [7, 11) is 0. The van der Waals surface area contributed by atoms with Crippen LogP contribution in [0.4, 0.5) is 0 Å². The van der Waals surface area contributed by atoms with E-state index in [1.165, 1.54) is 6.54 Å². The van der Waals surface area contributed by atoms with E-state index in [1.54, 1.807) is 6.26 Å². The van der Waals surface area contributed by atoms with Crippen LogP contribution in [-0.2, 0) is 6.42 Å². The molecule has 1 aliphatic heterocycles. The van der Waals surface area contributed by atoms with Gasteiger partial charge in [-0.25, -0.2) is 4.98 Å². The van der Waals surface area contributed by atoms with E-state index in [9.17, 15) is 0 Å². The molecule has 0 radical (unpaired) electrons. The minimum Gasteiger partial charge on any atom is -0.461 e. The lowest BCUT2D eigenvalue weighted by molar-refractivity contribution is 0.164. The van der Waals surface area contributed by atoms with E-state index in [-0.39, 0.29) is 0 Å². The summed E-state index contributed by atoms with van der Waals surface area (Å²) in [6, 6.07) is 3.69. The summed E-state index contributed by atoms with van der Waals surface area (Å²) in [4.78, 5) is 14.2. The number of aromatic amines is 1. The minimum absolute atomic E-state index is 0.590. The molecule has 2 aromatic heterocycles. The standard InChI is InChI=1S/C19H31N7O/c1-4-20-19(26-11-9-25(10-12-26)14-15(2)3)21-8-7-17-22-18(24-23-17)16-6-5-13-27-16/h5-6,13,15H,4,7-12,14H2,1-3H3,(H,20,21)(H,22,23,24). The highest BCUT2D eigenvalue weighted by molar-refractivity contribution is 5.80. The van der Waals surface area contributed by atoms with E-state index in [1.807, 2.05) is 12.1 Å². The summed E-state index contributed by atoms with van der Waals surface area (Å²) in [5.41, 5.74) is 0. The van der Waals surface area contributed by atoms with Crippen LogP contribution in [-0.4, -0.2) is 76.8 Å². The number of furan rings is 1. The lowest BCUT2D eigenvalue weighted by Gasteiger charge is -2.37. The molecule has 0 saturated carbocycles. The van der Waals surface area contributed by atoms with Crippen LogP contribution in [0, 0.1) is 5.92 Å². The molecule has 27 heavy (non-hydrogen) atoms. The molecule has 1 saturated heterocycles. The molecule has 0 amide bonds. The summed E-state index contributed by atoms with van der Waals surface area (Å²) >= 11 is 0. The molecular weight excluding hydrogens is 342 g/mol. The maximum atomic E-state index is 5.33. The molecule has 3 rings (SSSR count). The predicted octanol–water partition coefficient (Wildman–Crippen LogP) is 1.85. The third-order valence-corrected chi connectivity index (χ3v) is 4.51. The Morgan fingerprint density at radius 3 is 2.81 bits per heavy atom. The van der Waals surface area contributed by atoms with E-state index in [2.05, 4.69) is 51.1 Å². The van der Waals surface area contributed by atoms with Gasteiger partial charge in [-0.05, 0) is 25.0 Å². The molecule has 0 unspecified atom stereocenters. The van der Waals surface area contributed by atoms with Crippen LogP contribution in [0.3, 0.4) is 0 Å². The first-order valence-corrected chi connectivity index (χ1v) is 9.86. The van der Waals surface area contributed by atoms with Gasteiger partial charge in [0.2, 0.25) is 5.82 Å². The second-order valence-corrected chi connectivity index (χ2v) is 7.25. The van der Waals surface area contributed by atoms with Gasteiger partial charge in [-0.15, -0.1) is 0 Å². The Balaban J connectivity index is 1.52. The molecule has 0 aliphatic carbocycles. The summed E-state index contributed by atoms with van der Waals surface area (Å²) in [6.45, 7) is 13.6. The number of hydrogen-bond donors (Lipinski definition) is 2. The Bertz CT molecular complexity index is 699. The van der Waals surface area contributed by atoms with Gasteiger partial charge in [0.1, 0.15) is 5.82 Å². The fraction of sp³-hybridized carbons (Fsp3) is 0.632. The molecule has 8 nitrogen and oxygen atoms in total. The molecule has 148 valence electrons. The van der Waals surface area contributed by atoms with Crippen LogP contribution in [0.2, 0.25) is 0 Å². The largest absolute Gasteiger partial charge is 0.461 e. The summed E-state index contributed by atoms with van der Waals surface area (Å²) in [5.74, 6) is 3.79. The molecule has 8 heteroatoms. The molecule has 1 fully saturated rings. The van der Waals surface area contributed by atoms with Crippen LogP contribution in [0.1, 0.15) is 26.6 Å². The highest BCUT2D eigenvalue weighted by atomic mass is 16.3. The van der Waals surface area contributed by atoms with Gasteiger partial charge in [-0.2, -0.15) is 5.10 Å². The summed E-state index contributed by atoms with van der Waals surface area (Å²) in [5, 5.41) is 10.6. The highest BCUT2D eigenvalue weighted by Crippen LogP contribution is 2.14. The third kappa shape index (κ3) is 5.56. The van der Waals surface area contributed by atoms with E-state index in [0.29, 0.717) is 24.0 Å². The Kier molecular flexibility index (Phi) is 6.86. The van der Waals surface area contributed by atoms with Gasteiger partial charge in [-0.1, -0.05) is 13.8 Å². The van der Waals surface area contributed by atoms with Gasteiger partial charge in [-0.3, -0.25) is 15.0 Å². The number of rotatable bonds is 7. The smallest absolute Gasteiger partial charge is 0.216 e. The lowest BCUT2D eigenvalue weighted by Crippen LogP contribution is -2.53. The van der Waals surface area contributed by atoms with Crippen LogP contribution < -0.4 is 5.32 Å². The molecule has 0 atom stereocenters. The van der Waals surface area contributed by atoms with Crippen LogP contribution in [0.25, 0.3) is 11.6 Å². The van der Waals surface area contributed by atoms with Crippen LogP contribution in [0.15, 0.2) is 27.8 Å². The number of aromatic nitrogens is 3. The Hall–Kier alpha value is -2.35. The van der Waals surface area contributed by atoms with Crippen LogP contribution in [0.5, 0.6) is 0 Å². The van der Waals surface area contributed by atoms with Crippen molar-refractivity contribution in [2.24, 2.45) is 10.9 Å². The Morgan fingerprint density at radius 1 is 1.33 bits per heavy atom. The van der Waals surface area contributed by atoms with E-state index >= 15 is 0 Å². The van der Waals surface area contributed by atoms with Crippen molar-refractivity contribution < 1.29 is 4.42 Å². The zero-order chi connectivity index (χ0) is 19.1.